The SMILES string of the molecule is CCNc1nc(C)c(C)nc1-c1ccc(C)nc1. The molecule has 0 radical (unpaired) electrons. The van der Waals surface area contributed by atoms with Crippen molar-refractivity contribution >= 4 is 5.82 Å². The Balaban J connectivity index is 2.54. The summed E-state index contributed by atoms with van der Waals surface area (Å²) in [6.45, 7) is 8.79. The molecule has 0 atom stereocenters. The Morgan fingerprint density at radius 2 is 1.78 bits per heavy atom. The van der Waals surface area contributed by atoms with Gasteiger partial charge in [0.1, 0.15) is 5.69 Å². The van der Waals surface area contributed by atoms with E-state index in [0.29, 0.717) is 0 Å². The molecule has 0 unspecified atom stereocenters. The van der Waals surface area contributed by atoms with Crippen LogP contribution in [-0.2, 0) is 0 Å². The van der Waals surface area contributed by atoms with E-state index in [0.717, 1.165) is 40.7 Å². The molecule has 0 aliphatic heterocycles. The summed E-state index contributed by atoms with van der Waals surface area (Å²) >= 11 is 0. The molecular formula is C14H18N4. The predicted molar refractivity (Wildman–Crippen MR) is 73.6 cm³/mol. The lowest BCUT2D eigenvalue weighted by atomic mass is 10.1. The van der Waals surface area contributed by atoms with Gasteiger partial charge in [-0.25, -0.2) is 9.97 Å². The van der Waals surface area contributed by atoms with Gasteiger partial charge in [0.15, 0.2) is 5.82 Å². The smallest absolute Gasteiger partial charge is 0.152 e. The van der Waals surface area contributed by atoms with E-state index in [1.807, 2.05) is 46.0 Å². The molecular weight excluding hydrogens is 224 g/mol. The van der Waals surface area contributed by atoms with Crippen molar-refractivity contribution in [2.75, 3.05) is 11.9 Å². The molecule has 4 heteroatoms. The summed E-state index contributed by atoms with van der Waals surface area (Å²) in [5.41, 5.74) is 4.77. The van der Waals surface area contributed by atoms with E-state index in [4.69, 9.17) is 0 Å². The van der Waals surface area contributed by atoms with Crippen LogP contribution in [0.5, 0.6) is 0 Å². The minimum Gasteiger partial charge on any atom is -0.369 e. The fraction of sp³-hybridized carbons (Fsp3) is 0.357. The molecule has 4 nitrogen and oxygen atoms in total. The maximum atomic E-state index is 4.63. The van der Waals surface area contributed by atoms with E-state index >= 15 is 0 Å². The van der Waals surface area contributed by atoms with E-state index < -0.39 is 0 Å². The van der Waals surface area contributed by atoms with Crippen LogP contribution < -0.4 is 5.32 Å². The van der Waals surface area contributed by atoms with Crippen molar-refractivity contribution in [1.82, 2.24) is 15.0 Å². The molecule has 0 amide bonds. The van der Waals surface area contributed by atoms with E-state index in [1.165, 1.54) is 0 Å². The highest BCUT2D eigenvalue weighted by Crippen LogP contribution is 2.24. The monoisotopic (exact) mass is 242 g/mol. The number of aryl methyl sites for hydroxylation is 3. The minimum atomic E-state index is 0.823. The molecule has 0 aliphatic carbocycles. The molecule has 2 heterocycles. The zero-order valence-electron chi connectivity index (χ0n) is 11.3. The highest BCUT2D eigenvalue weighted by molar-refractivity contribution is 5.71. The van der Waals surface area contributed by atoms with Crippen molar-refractivity contribution in [3.05, 3.63) is 35.4 Å². The van der Waals surface area contributed by atoms with Crippen LogP contribution in [0.25, 0.3) is 11.3 Å². The van der Waals surface area contributed by atoms with Crippen LogP contribution in [0.3, 0.4) is 0 Å². The van der Waals surface area contributed by atoms with Gasteiger partial charge in [-0.15, -0.1) is 0 Å². The highest BCUT2D eigenvalue weighted by atomic mass is 15.0. The molecule has 0 spiro atoms. The molecule has 0 saturated carbocycles. The maximum absolute atomic E-state index is 4.63. The summed E-state index contributed by atoms with van der Waals surface area (Å²) in [5.74, 6) is 0.825. The van der Waals surface area contributed by atoms with Crippen molar-refractivity contribution in [2.45, 2.75) is 27.7 Å². The molecule has 0 saturated heterocycles. The number of hydrogen-bond acceptors (Lipinski definition) is 4. The van der Waals surface area contributed by atoms with E-state index in [1.54, 1.807) is 0 Å². The summed E-state index contributed by atoms with van der Waals surface area (Å²) < 4.78 is 0. The molecule has 0 bridgehead atoms. The van der Waals surface area contributed by atoms with Gasteiger partial charge in [-0.05, 0) is 39.8 Å². The van der Waals surface area contributed by atoms with Crippen molar-refractivity contribution in [1.29, 1.82) is 0 Å². The molecule has 0 aromatic carbocycles. The Morgan fingerprint density at radius 1 is 1.06 bits per heavy atom. The third-order valence-electron chi connectivity index (χ3n) is 2.84. The third kappa shape index (κ3) is 2.47. The Bertz CT molecular complexity index is 546. The molecule has 2 aromatic heterocycles. The number of aromatic nitrogens is 3. The fourth-order valence-corrected chi connectivity index (χ4v) is 1.70. The largest absolute Gasteiger partial charge is 0.369 e. The molecule has 0 aliphatic rings. The topological polar surface area (TPSA) is 50.7 Å². The lowest BCUT2D eigenvalue weighted by Crippen LogP contribution is -2.06. The van der Waals surface area contributed by atoms with Crippen molar-refractivity contribution in [3.8, 4) is 11.3 Å². The normalized spacial score (nSPS) is 10.4. The predicted octanol–water partition coefficient (Wildman–Crippen LogP) is 2.90. The van der Waals surface area contributed by atoms with Crippen molar-refractivity contribution in [3.63, 3.8) is 0 Å². The van der Waals surface area contributed by atoms with Crippen LogP contribution in [0.1, 0.15) is 24.0 Å². The average Bonchev–Trinajstić information content (AvgIpc) is 2.35. The first kappa shape index (κ1) is 12.5. The first-order valence-corrected chi connectivity index (χ1v) is 6.14. The average molecular weight is 242 g/mol. The van der Waals surface area contributed by atoms with Crippen LogP contribution >= 0.6 is 0 Å². The fourth-order valence-electron chi connectivity index (χ4n) is 1.70. The number of nitrogens with zero attached hydrogens (tertiary/aromatic N) is 3. The summed E-state index contributed by atoms with van der Waals surface area (Å²) in [5, 5.41) is 3.26. The summed E-state index contributed by atoms with van der Waals surface area (Å²) in [4.78, 5) is 13.5. The van der Waals surface area contributed by atoms with E-state index in [-0.39, 0.29) is 0 Å². The third-order valence-corrected chi connectivity index (χ3v) is 2.84. The number of nitrogens with one attached hydrogen (secondary N) is 1. The van der Waals surface area contributed by atoms with Crippen molar-refractivity contribution < 1.29 is 0 Å². The van der Waals surface area contributed by atoms with Gasteiger partial charge in [0.05, 0.1) is 11.4 Å². The molecule has 2 aromatic rings. The first-order chi connectivity index (χ1) is 8.61. The second-order valence-corrected chi connectivity index (χ2v) is 4.31. The van der Waals surface area contributed by atoms with Gasteiger partial charge in [-0.3, -0.25) is 4.98 Å². The van der Waals surface area contributed by atoms with Gasteiger partial charge in [-0.2, -0.15) is 0 Å². The summed E-state index contributed by atoms with van der Waals surface area (Å²) in [7, 11) is 0. The van der Waals surface area contributed by atoms with Gasteiger partial charge in [0, 0.05) is 24.0 Å². The molecule has 0 fully saturated rings. The van der Waals surface area contributed by atoms with Crippen LogP contribution in [0.15, 0.2) is 18.3 Å². The lowest BCUT2D eigenvalue weighted by Gasteiger charge is -2.11. The second kappa shape index (κ2) is 5.12. The van der Waals surface area contributed by atoms with Crippen LogP contribution in [-0.4, -0.2) is 21.5 Å². The van der Waals surface area contributed by atoms with E-state index in [2.05, 4.69) is 20.3 Å². The Kier molecular flexibility index (Phi) is 3.55. The van der Waals surface area contributed by atoms with Gasteiger partial charge >= 0.3 is 0 Å². The second-order valence-electron chi connectivity index (χ2n) is 4.31. The molecule has 1 N–H and O–H groups in total. The van der Waals surface area contributed by atoms with Gasteiger partial charge in [0.25, 0.3) is 0 Å². The number of hydrogen-bond donors (Lipinski definition) is 1. The number of anilines is 1. The Hall–Kier alpha value is -1.97. The molecule has 18 heavy (non-hydrogen) atoms. The quantitative estimate of drug-likeness (QED) is 0.899. The Morgan fingerprint density at radius 3 is 2.39 bits per heavy atom. The summed E-state index contributed by atoms with van der Waals surface area (Å²) in [6.07, 6.45) is 1.84. The Labute approximate surface area is 108 Å². The summed E-state index contributed by atoms with van der Waals surface area (Å²) in [6, 6.07) is 4.02. The van der Waals surface area contributed by atoms with Crippen molar-refractivity contribution in [2.24, 2.45) is 0 Å². The first-order valence-electron chi connectivity index (χ1n) is 6.14. The van der Waals surface area contributed by atoms with Gasteiger partial charge < -0.3 is 5.32 Å². The lowest BCUT2D eigenvalue weighted by molar-refractivity contribution is 1.03. The standard InChI is InChI=1S/C14H18N4/c1-5-15-14-13(17-10(3)11(4)18-14)12-7-6-9(2)16-8-12/h6-8H,5H2,1-4H3,(H,15,18). The van der Waals surface area contributed by atoms with Crippen LogP contribution in [0.2, 0.25) is 0 Å². The zero-order chi connectivity index (χ0) is 13.1. The van der Waals surface area contributed by atoms with Gasteiger partial charge in [-0.1, -0.05) is 0 Å². The molecule has 94 valence electrons. The highest BCUT2D eigenvalue weighted by Gasteiger charge is 2.10. The van der Waals surface area contributed by atoms with Gasteiger partial charge in [0.2, 0.25) is 0 Å². The van der Waals surface area contributed by atoms with E-state index in [9.17, 15) is 0 Å². The molecule has 2 rings (SSSR count). The zero-order valence-corrected chi connectivity index (χ0v) is 11.3. The number of rotatable bonds is 3. The van der Waals surface area contributed by atoms with Crippen LogP contribution in [0.4, 0.5) is 5.82 Å². The van der Waals surface area contributed by atoms with Crippen LogP contribution in [0, 0.1) is 20.8 Å². The number of pyridine rings is 1. The maximum Gasteiger partial charge on any atom is 0.152 e. The minimum absolute atomic E-state index is 0.823.